The summed E-state index contributed by atoms with van der Waals surface area (Å²) in [5.41, 5.74) is -2.73. The average Bonchev–Trinajstić information content (AvgIpc) is 3.81. The smallest absolute Gasteiger partial charge is 0.407 e. The molecule has 2 unspecified atom stereocenters. The van der Waals surface area contributed by atoms with Gasteiger partial charge in [0.05, 0.1) is 68.4 Å². The number of methoxy groups -OCH3 is 2. The molecule has 3 saturated heterocycles. The van der Waals surface area contributed by atoms with E-state index in [9.17, 15) is 50.6 Å². The Bertz CT molecular complexity index is 2820. The number of aromatic nitrogens is 2. The molecule has 3 aliphatic rings. The Morgan fingerprint density at radius 3 is 1.96 bits per heavy atom. The van der Waals surface area contributed by atoms with Gasteiger partial charge in [0.15, 0.2) is 5.78 Å². The molecule has 15 nitrogen and oxygen atoms in total. The molecule has 3 fully saturated rings. The predicted octanol–water partition coefficient (Wildman–Crippen LogP) is 7.97. The highest BCUT2D eigenvalue weighted by Gasteiger charge is 2.57. The third kappa shape index (κ3) is 14.2. The lowest BCUT2D eigenvalue weighted by atomic mass is 9.75. The first-order valence-corrected chi connectivity index (χ1v) is 25.6. The van der Waals surface area contributed by atoms with Crippen LogP contribution in [0.3, 0.4) is 0 Å². The number of nitrogens with one attached hydrogen (secondary N) is 2. The van der Waals surface area contributed by atoms with E-state index in [2.05, 4.69) is 41.5 Å². The zero-order chi connectivity index (χ0) is 57.6. The van der Waals surface area contributed by atoms with Crippen LogP contribution in [0.4, 0.5) is 45.7 Å². The van der Waals surface area contributed by atoms with Crippen molar-refractivity contribution in [2.45, 2.75) is 109 Å². The van der Waals surface area contributed by atoms with Crippen LogP contribution in [0.5, 0.6) is 0 Å². The summed E-state index contributed by atoms with van der Waals surface area (Å²) >= 11 is 0. The molecule has 3 aliphatic heterocycles. The van der Waals surface area contributed by atoms with Gasteiger partial charge in [0.25, 0.3) is 0 Å². The topological polar surface area (TPSA) is 176 Å². The molecule has 5 heterocycles. The second kappa shape index (κ2) is 24.7. The average molecular weight is 1110 g/mol. The number of carbonyl (C=O) groups excluding carboxylic acids is 4. The van der Waals surface area contributed by atoms with E-state index in [-0.39, 0.29) is 17.7 Å². The quantitative estimate of drug-likeness (QED) is 0.0337. The summed E-state index contributed by atoms with van der Waals surface area (Å²) in [5, 5.41) is 14.8. The van der Waals surface area contributed by atoms with Gasteiger partial charge in [-0.2, -0.15) is 26.3 Å². The lowest BCUT2D eigenvalue weighted by Gasteiger charge is -2.47. The Balaban J connectivity index is 1.17. The maximum Gasteiger partial charge on any atom is 0.407 e. The summed E-state index contributed by atoms with van der Waals surface area (Å²) in [5.74, 6) is -3.05. The van der Waals surface area contributed by atoms with E-state index in [0.717, 1.165) is 71.3 Å². The normalized spacial score (nSPS) is 18.6. The second-order valence-corrected chi connectivity index (χ2v) is 21.3. The number of ketones is 1. The molecular weight excluding hydrogens is 1050 g/mol. The van der Waals surface area contributed by atoms with Crippen LogP contribution in [0.2, 0.25) is 0 Å². The molecule has 2 bridgehead atoms. The highest BCUT2D eigenvalue weighted by Crippen LogP contribution is 2.46. The number of carbonyl (C=O) groups is 4. The highest BCUT2D eigenvalue weighted by atomic mass is 19.4. The Labute approximate surface area is 452 Å². The van der Waals surface area contributed by atoms with Crippen LogP contribution in [0.15, 0.2) is 79.1 Å². The summed E-state index contributed by atoms with van der Waals surface area (Å²) in [6.45, 7) is 3.98. The van der Waals surface area contributed by atoms with Crippen LogP contribution in [0.25, 0.3) is 11.3 Å². The molecule has 0 aliphatic carbocycles. The summed E-state index contributed by atoms with van der Waals surface area (Å²) in [6, 6.07) is 15.6. The highest BCUT2D eigenvalue weighted by molar-refractivity contribution is 5.88. The van der Waals surface area contributed by atoms with Crippen LogP contribution >= 0.6 is 0 Å². The zero-order valence-electron chi connectivity index (χ0n) is 44.4. The van der Waals surface area contributed by atoms with E-state index in [4.69, 9.17) is 9.72 Å². The Morgan fingerprint density at radius 2 is 1.43 bits per heavy atom. The third-order valence-electron chi connectivity index (χ3n) is 15.3. The van der Waals surface area contributed by atoms with Gasteiger partial charge in [-0.3, -0.25) is 29.7 Å². The van der Waals surface area contributed by atoms with E-state index >= 15 is 8.78 Å². The summed E-state index contributed by atoms with van der Waals surface area (Å²) in [6.07, 6.45) is -10.6. The lowest BCUT2D eigenvalue weighted by Crippen LogP contribution is -2.62. The molecule has 0 saturated carbocycles. The number of hydrazine groups is 1. The van der Waals surface area contributed by atoms with Crippen molar-refractivity contribution in [3.05, 3.63) is 113 Å². The molecule has 79 heavy (non-hydrogen) atoms. The number of rotatable bonds is 20. The van der Waals surface area contributed by atoms with Crippen molar-refractivity contribution in [1.82, 2.24) is 30.6 Å². The molecule has 2 amide bonds. The van der Waals surface area contributed by atoms with Crippen LogP contribution in [0.1, 0.15) is 75.6 Å². The number of piperazine rings is 1. The number of ether oxygens (including phenoxy) is 3. The van der Waals surface area contributed by atoms with Gasteiger partial charge in [-0.15, -0.1) is 0 Å². The molecule has 426 valence electrons. The van der Waals surface area contributed by atoms with E-state index < -0.39 is 114 Å². The van der Waals surface area contributed by atoms with E-state index in [1.165, 1.54) is 12.3 Å². The molecule has 2 aromatic carbocycles. The van der Waals surface area contributed by atoms with Crippen molar-refractivity contribution >= 4 is 29.6 Å². The van der Waals surface area contributed by atoms with Crippen molar-refractivity contribution in [2.24, 2.45) is 22.7 Å². The minimum atomic E-state index is -5.11. The summed E-state index contributed by atoms with van der Waals surface area (Å²) in [7, 11) is 1.76. The van der Waals surface area contributed by atoms with E-state index in [0.29, 0.717) is 67.5 Å². The van der Waals surface area contributed by atoms with Crippen LogP contribution < -0.4 is 15.6 Å². The van der Waals surface area contributed by atoms with Crippen molar-refractivity contribution in [3.63, 3.8) is 0 Å². The fourth-order valence-corrected chi connectivity index (χ4v) is 10.2. The first kappa shape index (κ1) is 59.9. The Kier molecular flexibility index (Phi) is 18.8. The van der Waals surface area contributed by atoms with Crippen LogP contribution in [0, 0.1) is 46.1 Å². The number of esters is 1. The molecule has 4 aromatic rings. The number of hydrogen-bond donors (Lipinski definition) is 3. The standard InChI is InChI=1S/C56H63F8N7O8/c1-53(2,55(59,60)61)42(25-49(74)77-5)51(75)68-70(29-41-43(57)22-36(23-44(41)58)45-9-7-8-20-65-45)30-47(73)37(24-46(72)50(67-52(76)78-6)54(3,4)56(62,63)64)21-34-13-10-33(11-14-34)12-15-35-16-19-48(66-26-35)69-27-38-17-18-39(28-69)71(38)40-31-79-32-40/h7-11,13-14,16,19-20,22-23,26,37-40,42,47,50,73H,17-18,21,24-25,27-32H2,1-6H3,(H,67,76)(H,68,75)/t37-,38?,39?,42-,47+,50-/m1/s1. The number of alkyl carbamates (subject to hydrolysis) is 1. The predicted molar refractivity (Wildman–Crippen MR) is 272 cm³/mol. The number of alkyl halides is 6. The van der Waals surface area contributed by atoms with Crippen LogP contribution in [-0.4, -0.2) is 138 Å². The number of nitrogens with zero attached hydrogens (tertiary/aromatic N) is 5. The van der Waals surface area contributed by atoms with Gasteiger partial charge in [-0.25, -0.2) is 23.6 Å². The number of pyridine rings is 2. The number of aliphatic hydroxyl groups is 1. The number of benzene rings is 2. The minimum Gasteiger partial charge on any atom is -0.469 e. The first-order valence-electron chi connectivity index (χ1n) is 25.6. The van der Waals surface area contributed by atoms with Crippen molar-refractivity contribution < 1.29 is 73.6 Å². The van der Waals surface area contributed by atoms with Gasteiger partial charge < -0.3 is 29.5 Å². The van der Waals surface area contributed by atoms with Gasteiger partial charge in [0.2, 0.25) is 5.91 Å². The molecule has 6 atom stereocenters. The molecule has 0 spiro atoms. The summed E-state index contributed by atoms with van der Waals surface area (Å²) < 4.78 is 134. The third-order valence-corrected chi connectivity index (χ3v) is 15.3. The van der Waals surface area contributed by atoms with Gasteiger partial charge in [0.1, 0.15) is 23.5 Å². The maximum absolute atomic E-state index is 16.1. The minimum absolute atomic E-state index is 0.00910. The van der Waals surface area contributed by atoms with Crippen molar-refractivity contribution in [3.8, 4) is 23.1 Å². The maximum atomic E-state index is 16.1. The largest absolute Gasteiger partial charge is 0.469 e. The number of fused-ring (bicyclic) bond motifs is 2. The van der Waals surface area contributed by atoms with Gasteiger partial charge in [0, 0.05) is 79.3 Å². The van der Waals surface area contributed by atoms with Crippen LogP contribution in [-0.2, 0) is 41.6 Å². The Hall–Kier alpha value is -6.74. The molecule has 3 N–H and O–H groups in total. The number of halogens is 8. The van der Waals surface area contributed by atoms with Gasteiger partial charge in [-0.1, -0.05) is 43.9 Å². The fraction of sp³-hybridized carbons (Fsp3) is 0.500. The SMILES string of the molecule is COC(=O)C[C@H](C(=O)NN(Cc1c(F)cc(-c2ccccn2)cc1F)C[C@H](O)[C@@H](CC(=O)[C@@H](NC(=O)OC)C(C)(C)C(F)(F)F)Cc1ccc(C#Cc2ccc(N3CC4CCC(C3)N4C3COC3)nc2)cc1)C(C)(C)C(F)(F)F. The first-order chi connectivity index (χ1) is 37.2. The lowest BCUT2D eigenvalue weighted by molar-refractivity contribution is -0.231. The molecular formula is C56H63F8N7O8. The molecule has 23 heteroatoms. The van der Waals surface area contributed by atoms with E-state index in [1.54, 1.807) is 42.6 Å². The number of Topliss-reactive ketones (excluding diaryl/α,β-unsaturated/α-hetero) is 1. The number of amides is 2. The van der Waals surface area contributed by atoms with E-state index in [1.807, 2.05) is 17.4 Å². The van der Waals surface area contributed by atoms with Gasteiger partial charge in [-0.05, 0) is 93.1 Å². The van der Waals surface area contributed by atoms with Crippen molar-refractivity contribution in [1.29, 1.82) is 0 Å². The molecule has 7 rings (SSSR count). The fourth-order valence-electron chi connectivity index (χ4n) is 10.2. The number of hydrogen-bond acceptors (Lipinski definition) is 13. The van der Waals surface area contributed by atoms with Gasteiger partial charge >= 0.3 is 24.4 Å². The Morgan fingerprint density at radius 1 is 0.810 bits per heavy atom. The summed E-state index contributed by atoms with van der Waals surface area (Å²) in [4.78, 5) is 66.9. The molecule has 0 radical (unpaired) electrons. The zero-order valence-corrected chi connectivity index (χ0v) is 44.4. The monoisotopic (exact) mass is 1110 g/mol. The van der Waals surface area contributed by atoms with Crippen molar-refractivity contribution in [2.75, 3.05) is 52.0 Å². The molecule has 2 aromatic heterocycles. The second-order valence-electron chi connectivity index (χ2n) is 21.3. The number of aliphatic hydroxyl groups excluding tert-OH is 1. The number of anilines is 1.